The summed E-state index contributed by atoms with van der Waals surface area (Å²) < 4.78 is 0. The molecule has 12 nitrogen and oxygen atoms in total. The van der Waals surface area contributed by atoms with Crippen LogP contribution in [0.3, 0.4) is 0 Å². The van der Waals surface area contributed by atoms with Crippen molar-refractivity contribution in [3.05, 3.63) is 0 Å². The molecule has 0 saturated carbocycles. The minimum absolute atomic E-state index is 0.238. The first-order chi connectivity index (χ1) is 12.1. The van der Waals surface area contributed by atoms with Crippen LogP contribution in [0, 0.1) is 0 Å². The van der Waals surface area contributed by atoms with Gasteiger partial charge in [0.2, 0.25) is 0 Å². The summed E-state index contributed by atoms with van der Waals surface area (Å²) in [6, 6.07) is 0. The third-order valence-corrected chi connectivity index (χ3v) is 3.78. The van der Waals surface area contributed by atoms with Crippen LogP contribution in [0.15, 0.2) is 0 Å². The van der Waals surface area contributed by atoms with Crippen LogP contribution in [-0.4, -0.2) is 116 Å². The molecule has 150 valence electrons. The Balaban J connectivity index is 5.53. The van der Waals surface area contributed by atoms with Crippen molar-refractivity contribution in [2.24, 2.45) is 0 Å². The number of carboxylic acids is 4. The van der Waals surface area contributed by atoms with Gasteiger partial charge in [0.25, 0.3) is 0 Å². The molecule has 0 atom stereocenters. The minimum atomic E-state index is -1.89. The average molecular weight is 380 g/mol. The number of carbonyl (C=O) groups is 4. The Morgan fingerprint density at radius 3 is 1.42 bits per heavy atom. The summed E-state index contributed by atoms with van der Waals surface area (Å²) in [5.74, 6) is -5.42. The maximum absolute atomic E-state index is 11.8. The van der Waals surface area contributed by atoms with E-state index in [1.165, 1.54) is 0 Å². The number of hydrogen-bond acceptors (Lipinski definition) is 8. The van der Waals surface area contributed by atoms with Crippen molar-refractivity contribution < 1.29 is 49.8 Å². The van der Waals surface area contributed by atoms with Crippen molar-refractivity contribution in [1.29, 1.82) is 0 Å². The van der Waals surface area contributed by atoms with E-state index in [1.54, 1.807) is 0 Å². The van der Waals surface area contributed by atoms with Crippen LogP contribution in [0.4, 0.5) is 0 Å². The highest BCUT2D eigenvalue weighted by molar-refractivity contribution is 5.80. The zero-order chi connectivity index (χ0) is 20.3. The molecule has 0 bridgehead atoms. The van der Waals surface area contributed by atoms with Gasteiger partial charge in [0, 0.05) is 26.3 Å². The first-order valence-electron chi connectivity index (χ1n) is 7.67. The Morgan fingerprint density at radius 2 is 1.12 bits per heavy atom. The van der Waals surface area contributed by atoms with Gasteiger partial charge in [0.1, 0.15) is 5.54 Å². The van der Waals surface area contributed by atoms with Crippen LogP contribution in [-0.2, 0) is 19.2 Å². The van der Waals surface area contributed by atoms with E-state index >= 15 is 0 Å². The van der Waals surface area contributed by atoms with E-state index in [0.717, 1.165) is 9.80 Å². The highest BCUT2D eigenvalue weighted by atomic mass is 16.4. The van der Waals surface area contributed by atoms with E-state index in [0.29, 0.717) is 0 Å². The summed E-state index contributed by atoms with van der Waals surface area (Å²) in [4.78, 5) is 46.5. The van der Waals surface area contributed by atoms with Crippen molar-refractivity contribution in [3.63, 3.8) is 0 Å². The second-order valence-corrected chi connectivity index (χ2v) is 5.60. The zero-order valence-electron chi connectivity index (χ0n) is 14.1. The number of aliphatic hydroxyl groups excluding tert-OH is 2. The van der Waals surface area contributed by atoms with Gasteiger partial charge in [-0.25, -0.2) is 0 Å². The fourth-order valence-corrected chi connectivity index (χ4v) is 2.63. The third-order valence-electron chi connectivity index (χ3n) is 3.78. The summed E-state index contributed by atoms with van der Waals surface area (Å²) >= 11 is 0. The first-order valence-corrected chi connectivity index (χ1v) is 7.67. The molecule has 0 aliphatic rings. The van der Waals surface area contributed by atoms with Crippen LogP contribution in [0.2, 0.25) is 0 Å². The van der Waals surface area contributed by atoms with Crippen molar-refractivity contribution in [1.82, 2.24) is 9.80 Å². The Labute approximate surface area is 148 Å². The second-order valence-electron chi connectivity index (χ2n) is 5.60. The number of rotatable bonds is 15. The lowest BCUT2D eigenvalue weighted by atomic mass is 9.89. The standard InChI is InChI=1S/C14H24N2O10/c17-5-1-14(2-6-18,13(25)26)16(9-12(23)24)4-3-15(7-10(19)20)8-11(21)22/h17-18H,1-9H2,(H,19,20)(H,21,22)(H,23,24)(H,25,26). The van der Waals surface area contributed by atoms with Crippen LogP contribution in [0.1, 0.15) is 12.8 Å². The van der Waals surface area contributed by atoms with Gasteiger partial charge in [-0.1, -0.05) is 0 Å². The van der Waals surface area contributed by atoms with E-state index in [-0.39, 0.29) is 25.9 Å². The van der Waals surface area contributed by atoms with Gasteiger partial charge in [0.15, 0.2) is 0 Å². The van der Waals surface area contributed by atoms with Crippen LogP contribution in [0.5, 0.6) is 0 Å². The fraction of sp³-hybridized carbons (Fsp3) is 0.714. The second kappa shape index (κ2) is 11.4. The summed E-state index contributed by atoms with van der Waals surface area (Å²) in [6.07, 6.45) is -0.734. The molecular weight excluding hydrogens is 356 g/mol. The van der Waals surface area contributed by atoms with Crippen LogP contribution >= 0.6 is 0 Å². The van der Waals surface area contributed by atoms with E-state index in [2.05, 4.69) is 0 Å². The number of aliphatic carboxylic acids is 4. The lowest BCUT2D eigenvalue weighted by molar-refractivity contribution is -0.158. The molecule has 0 aromatic carbocycles. The fourth-order valence-electron chi connectivity index (χ4n) is 2.63. The molecule has 0 radical (unpaired) electrons. The van der Waals surface area contributed by atoms with E-state index in [4.69, 9.17) is 15.3 Å². The maximum atomic E-state index is 11.8. The predicted molar refractivity (Wildman–Crippen MR) is 84.7 cm³/mol. The SMILES string of the molecule is O=C(O)CN(CCN(CC(=O)O)C(CCO)(CCO)C(=O)O)CC(=O)O. The molecule has 0 spiro atoms. The van der Waals surface area contributed by atoms with Gasteiger partial charge in [0.05, 0.1) is 19.6 Å². The van der Waals surface area contributed by atoms with E-state index in [1.807, 2.05) is 0 Å². The molecule has 6 N–H and O–H groups in total. The number of nitrogens with zero attached hydrogens (tertiary/aromatic N) is 2. The summed E-state index contributed by atoms with van der Waals surface area (Å²) in [7, 11) is 0. The molecule has 0 unspecified atom stereocenters. The van der Waals surface area contributed by atoms with Gasteiger partial charge < -0.3 is 30.6 Å². The highest BCUT2D eigenvalue weighted by Crippen LogP contribution is 2.24. The molecule has 12 heteroatoms. The van der Waals surface area contributed by atoms with Crippen LogP contribution < -0.4 is 0 Å². The summed E-state index contributed by atoms with van der Waals surface area (Å²) in [5.41, 5.74) is -1.89. The Hall–Kier alpha value is -2.28. The molecule has 0 saturated heterocycles. The molecule has 0 aromatic heterocycles. The molecule has 26 heavy (non-hydrogen) atoms. The monoisotopic (exact) mass is 380 g/mol. The molecule has 0 rings (SSSR count). The largest absolute Gasteiger partial charge is 0.480 e. The maximum Gasteiger partial charge on any atom is 0.324 e. The van der Waals surface area contributed by atoms with Gasteiger partial charge in [-0.2, -0.15) is 0 Å². The quantitative estimate of drug-likeness (QED) is 0.174. The van der Waals surface area contributed by atoms with Gasteiger partial charge in [-0.3, -0.25) is 29.0 Å². The molecule has 0 amide bonds. The van der Waals surface area contributed by atoms with Crippen molar-refractivity contribution in [2.45, 2.75) is 18.4 Å². The average Bonchev–Trinajstić information content (AvgIpc) is 2.49. The van der Waals surface area contributed by atoms with Crippen LogP contribution in [0.25, 0.3) is 0 Å². The number of aliphatic hydroxyl groups is 2. The van der Waals surface area contributed by atoms with Crippen molar-refractivity contribution >= 4 is 23.9 Å². The Kier molecular flexibility index (Phi) is 10.4. The molecule has 0 heterocycles. The van der Waals surface area contributed by atoms with Crippen molar-refractivity contribution in [3.8, 4) is 0 Å². The van der Waals surface area contributed by atoms with Crippen molar-refractivity contribution in [2.75, 3.05) is 45.9 Å². The lowest BCUT2D eigenvalue weighted by Crippen LogP contribution is -2.59. The minimum Gasteiger partial charge on any atom is -0.480 e. The molecule has 0 aromatic rings. The number of hydrogen-bond donors (Lipinski definition) is 6. The zero-order valence-corrected chi connectivity index (χ0v) is 14.1. The molecule has 0 fully saturated rings. The smallest absolute Gasteiger partial charge is 0.324 e. The highest BCUT2D eigenvalue weighted by Gasteiger charge is 2.44. The molecular formula is C14H24N2O10. The van der Waals surface area contributed by atoms with Gasteiger partial charge in [-0.05, 0) is 12.8 Å². The van der Waals surface area contributed by atoms with E-state index in [9.17, 15) is 34.5 Å². The van der Waals surface area contributed by atoms with Gasteiger partial charge >= 0.3 is 23.9 Å². The normalized spacial score (nSPS) is 11.7. The van der Waals surface area contributed by atoms with E-state index < -0.39 is 62.3 Å². The summed E-state index contributed by atoms with van der Waals surface area (Å²) in [5, 5.41) is 54.7. The Bertz CT molecular complexity index is 488. The Morgan fingerprint density at radius 1 is 0.692 bits per heavy atom. The predicted octanol–water partition coefficient (Wildman–Crippen LogP) is -2.57. The third kappa shape index (κ3) is 7.74. The molecule has 0 aliphatic heterocycles. The van der Waals surface area contributed by atoms with Gasteiger partial charge in [-0.15, -0.1) is 0 Å². The number of carboxylic acid groups (broad SMARTS) is 4. The first kappa shape index (κ1) is 23.7. The molecule has 0 aliphatic carbocycles. The topological polar surface area (TPSA) is 196 Å². The summed E-state index contributed by atoms with van der Waals surface area (Å²) in [6.45, 7) is -3.72. The lowest BCUT2D eigenvalue weighted by Gasteiger charge is -2.40.